The predicted octanol–water partition coefficient (Wildman–Crippen LogP) is 3.25. The first-order valence-corrected chi connectivity index (χ1v) is 7.02. The Hall–Kier alpha value is -2.76. The van der Waals surface area contributed by atoms with Crippen molar-refractivity contribution in [3.8, 4) is 17.2 Å². The van der Waals surface area contributed by atoms with Crippen LogP contribution in [0.4, 0.5) is 10.1 Å². The molecule has 2 aromatic carbocycles. The molecular weight excluding hydrogens is 301 g/mol. The minimum Gasteiger partial charge on any atom is -0.493 e. The molecule has 0 aliphatic rings. The lowest BCUT2D eigenvalue weighted by atomic mass is 10.2. The van der Waals surface area contributed by atoms with Gasteiger partial charge in [0.25, 0.3) is 0 Å². The van der Waals surface area contributed by atoms with Gasteiger partial charge in [0, 0.05) is 11.8 Å². The molecule has 0 heterocycles. The first-order chi connectivity index (χ1) is 11.1. The van der Waals surface area contributed by atoms with Gasteiger partial charge in [-0.2, -0.15) is 0 Å². The zero-order chi connectivity index (χ0) is 16.7. The fraction of sp³-hybridized carbons (Fsp3) is 0.235. The number of hydrogen-bond acceptors (Lipinski definition) is 4. The summed E-state index contributed by atoms with van der Waals surface area (Å²) in [6.45, 7) is 0.199. The lowest BCUT2D eigenvalue weighted by molar-refractivity contribution is -0.116. The maximum absolute atomic E-state index is 12.8. The third-order valence-corrected chi connectivity index (χ3v) is 3.08. The lowest BCUT2D eigenvalue weighted by Crippen LogP contribution is -2.15. The van der Waals surface area contributed by atoms with Gasteiger partial charge in [-0.3, -0.25) is 4.79 Å². The van der Waals surface area contributed by atoms with E-state index in [4.69, 9.17) is 14.2 Å². The molecule has 0 fully saturated rings. The number of anilines is 1. The first-order valence-electron chi connectivity index (χ1n) is 7.02. The number of hydrogen-bond donors (Lipinski definition) is 1. The highest BCUT2D eigenvalue weighted by molar-refractivity contribution is 5.91. The molecule has 122 valence electrons. The Bertz CT molecular complexity index is 658. The van der Waals surface area contributed by atoms with Gasteiger partial charge in [-0.15, -0.1) is 0 Å². The van der Waals surface area contributed by atoms with Crippen LogP contribution in [-0.4, -0.2) is 26.7 Å². The summed E-state index contributed by atoms with van der Waals surface area (Å²) < 4.78 is 28.4. The van der Waals surface area contributed by atoms with Gasteiger partial charge in [-0.25, -0.2) is 4.39 Å². The van der Waals surface area contributed by atoms with E-state index in [1.807, 2.05) is 0 Å². The number of halogens is 1. The van der Waals surface area contributed by atoms with Gasteiger partial charge in [-0.05, 0) is 36.4 Å². The molecule has 0 radical (unpaired) electrons. The minimum absolute atomic E-state index is 0.172. The van der Waals surface area contributed by atoms with Gasteiger partial charge in [0.05, 0.1) is 27.2 Å². The summed E-state index contributed by atoms with van der Waals surface area (Å²) in [5.41, 5.74) is 0.606. The van der Waals surface area contributed by atoms with Gasteiger partial charge < -0.3 is 19.5 Å². The van der Waals surface area contributed by atoms with Crippen LogP contribution in [0.15, 0.2) is 42.5 Å². The fourth-order valence-electron chi connectivity index (χ4n) is 1.93. The van der Waals surface area contributed by atoms with E-state index in [2.05, 4.69) is 5.32 Å². The van der Waals surface area contributed by atoms with Crippen molar-refractivity contribution in [3.05, 3.63) is 48.3 Å². The van der Waals surface area contributed by atoms with Crippen molar-refractivity contribution in [2.24, 2.45) is 0 Å². The summed E-state index contributed by atoms with van der Waals surface area (Å²) >= 11 is 0. The van der Waals surface area contributed by atoms with E-state index in [1.54, 1.807) is 25.3 Å². The number of carbonyl (C=O) groups excluding carboxylic acids is 1. The van der Waals surface area contributed by atoms with E-state index in [9.17, 15) is 9.18 Å². The molecule has 0 unspecified atom stereocenters. The molecule has 0 aromatic heterocycles. The Morgan fingerprint density at radius 2 is 1.74 bits per heavy atom. The lowest BCUT2D eigenvalue weighted by Gasteiger charge is -2.11. The molecule has 23 heavy (non-hydrogen) atoms. The highest BCUT2D eigenvalue weighted by Gasteiger charge is 2.07. The average Bonchev–Trinajstić information content (AvgIpc) is 2.56. The third-order valence-electron chi connectivity index (χ3n) is 3.08. The van der Waals surface area contributed by atoms with Crippen LogP contribution in [0.3, 0.4) is 0 Å². The number of methoxy groups -OCH3 is 2. The highest BCUT2D eigenvalue weighted by Crippen LogP contribution is 2.29. The number of benzene rings is 2. The molecule has 0 aliphatic heterocycles. The zero-order valence-electron chi connectivity index (χ0n) is 13.0. The van der Waals surface area contributed by atoms with Gasteiger partial charge in [0.15, 0.2) is 11.5 Å². The second kappa shape index (κ2) is 8.03. The van der Waals surface area contributed by atoms with E-state index < -0.39 is 0 Å². The smallest absolute Gasteiger partial charge is 0.227 e. The summed E-state index contributed by atoms with van der Waals surface area (Å²) in [4.78, 5) is 11.9. The summed E-state index contributed by atoms with van der Waals surface area (Å²) in [5, 5.41) is 2.75. The van der Waals surface area contributed by atoms with Crippen molar-refractivity contribution in [1.29, 1.82) is 0 Å². The van der Waals surface area contributed by atoms with Crippen molar-refractivity contribution in [2.75, 3.05) is 26.1 Å². The number of nitrogens with one attached hydrogen (secondary N) is 1. The maximum Gasteiger partial charge on any atom is 0.227 e. The Morgan fingerprint density at radius 3 is 2.39 bits per heavy atom. The van der Waals surface area contributed by atoms with Crippen LogP contribution in [0, 0.1) is 5.82 Å². The van der Waals surface area contributed by atoms with E-state index in [0.29, 0.717) is 22.9 Å². The quantitative estimate of drug-likeness (QED) is 0.851. The Balaban J connectivity index is 1.83. The standard InChI is InChI=1S/C17H18FNO4/c1-21-15-8-5-13(11-16(15)22-2)19-17(20)9-10-23-14-6-3-12(18)4-7-14/h3-8,11H,9-10H2,1-2H3,(H,19,20). The number of ether oxygens (including phenoxy) is 3. The van der Waals surface area contributed by atoms with Gasteiger partial charge in [0.2, 0.25) is 5.91 Å². The normalized spacial score (nSPS) is 10.0. The summed E-state index contributed by atoms with van der Waals surface area (Å²) in [6, 6.07) is 10.8. The van der Waals surface area contributed by atoms with Crippen molar-refractivity contribution in [2.45, 2.75) is 6.42 Å². The molecule has 2 rings (SSSR count). The third kappa shape index (κ3) is 4.88. The van der Waals surface area contributed by atoms with Crippen LogP contribution in [0.5, 0.6) is 17.2 Å². The second-order valence-corrected chi connectivity index (χ2v) is 4.67. The van der Waals surface area contributed by atoms with Crippen LogP contribution in [-0.2, 0) is 4.79 Å². The van der Waals surface area contributed by atoms with Crippen LogP contribution >= 0.6 is 0 Å². The molecule has 0 spiro atoms. The molecule has 0 saturated heterocycles. The molecule has 0 saturated carbocycles. The average molecular weight is 319 g/mol. The van der Waals surface area contributed by atoms with E-state index >= 15 is 0 Å². The molecule has 6 heteroatoms. The highest BCUT2D eigenvalue weighted by atomic mass is 19.1. The van der Waals surface area contributed by atoms with E-state index in [1.165, 1.54) is 31.4 Å². The molecule has 1 amide bonds. The number of amides is 1. The van der Waals surface area contributed by atoms with Crippen molar-refractivity contribution >= 4 is 11.6 Å². The predicted molar refractivity (Wildman–Crippen MR) is 84.7 cm³/mol. The Labute approximate surface area is 134 Å². The van der Waals surface area contributed by atoms with Crippen molar-refractivity contribution in [1.82, 2.24) is 0 Å². The molecule has 0 aliphatic carbocycles. The van der Waals surface area contributed by atoms with Crippen LogP contribution in [0.25, 0.3) is 0 Å². The second-order valence-electron chi connectivity index (χ2n) is 4.67. The fourth-order valence-corrected chi connectivity index (χ4v) is 1.93. The first kappa shape index (κ1) is 16.6. The van der Waals surface area contributed by atoms with Gasteiger partial charge >= 0.3 is 0 Å². The molecule has 1 N–H and O–H groups in total. The molecular formula is C17H18FNO4. The Kier molecular flexibility index (Phi) is 5.80. The minimum atomic E-state index is -0.330. The zero-order valence-corrected chi connectivity index (χ0v) is 13.0. The summed E-state index contributed by atoms with van der Waals surface area (Å²) in [7, 11) is 3.07. The van der Waals surface area contributed by atoms with Gasteiger partial charge in [-0.1, -0.05) is 0 Å². The van der Waals surface area contributed by atoms with Crippen LogP contribution < -0.4 is 19.5 Å². The topological polar surface area (TPSA) is 56.8 Å². The van der Waals surface area contributed by atoms with Crippen LogP contribution in [0.2, 0.25) is 0 Å². The SMILES string of the molecule is COc1ccc(NC(=O)CCOc2ccc(F)cc2)cc1OC. The van der Waals surface area contributed by atoms with E-state index in [-0.39, 0.29) is 24.8 Å². The monoisotopic (exact) mass is 319 g/mol. The number of carbonyl (C=O) groups is 1. The largest absolute Gasteiger partial charge is 0.493 e. The maximum atomic E-state index is 12.8. The molecule has 0 bridgehead atoms. The summed E-state index contributed by atoms with van der Waals surface area (Å²) in [5.74, 6) is 1.12. The molecule has 5 nitrogen and oxygen atoms in total. The summed E-state index contributed by atoms with van der Waals surface area (Å²) in [6.07, 6.45) is 0.172. The van der Waals surface area contributed by atoms with Crippen LogP contribution in [0.1, 0.15) is 6.42 Å². The molecule has 2 aromatic rings. The van der Waals surface area contributed by atoms with Crippen molar-refractivity contribution in [3.63, 3.8) is 0 Å². The molecule has 0 atom stereocenters. The van der Waals surface area contributed by atoms with E-state index in [0.717, 1.165) is 0 Å². The van der Waals surface area contributed by atoms with Gasteiger partial charge in [0.1, 0.15) is 11.6 Å². The van der Waals surface area contributed by atoms with Crippen molar-refractivity contribution < 1.29 is 23.4 Å². The number of rotatable bonds is 7. The Morgan fingerprint density at radius 1 is 1.04 bits per heavy atom.